The molecule has 0 fully saturated rings. The molecule has 0 bridgehead atoms. The lowest BCUT2D eigenvalue weighted by Gasteiger charge is -2.18. The lowest BCUT2D eigenvalue weighted by molar-refractivity contribution is 0.0986. The number of nitrogens with zero attached hydrogens (tertiary/aromatic N) is 1. The SMILES string of the molecule is Cc1cccc(C(=O)N2CCc3ccc(N)cc32)c1O. The van der Waals surface area contributed by atoms with Gasteiger partial charge in [-0.05, 0) is 42.7 Å². The molecule has 3 rings (SSSR count). The summed E-state index contributed by atoms with van der Waals surface area (Å²) in [6, 6.07) is 10.8. The summed E-state index contributed by atoms with van der Waals surface area (Å²) in [5, 5.41) is 10.1. The third-order valence-corrected chi connectivity index (χ3v) is 3.72. The van der Waals surface area contributed by atoms with Crippen molar-refractivity contribution in [3.63, 3.8) is 0 Å². The second-order valence-electron chi connectivity index (χ2n) is 5.07. The number of hydrogen-bond donors (Lipinski definition) is 2. The van der Waals surface area contributed by atoms with Crippen LogP contribution in [0, 0.1) is 6.92 Å². The second kappa shape index (κ2) is 4.56. The van der Waals surface area contributed by atoms with E-state index in [1.165, 1.54) is 0 Å². The van der Waals surface area contributed by atoms with Gasteiger partial charge in [-0.2, -0.15) is 0 Å². The summed E-state index contributed by atoms with van der Waals surface area (Å²) in [6.07, 6.45) is 0.813. The predicted molar refractivity (Wildman–Crippen MR) is 79.1 cm³/mol. The van der Waals surface area contributed by atoms with Crippen molar-refractivity contribution >= 4 is 17.3 Å². The van der Waals surface area contributed by atoms with E-state index in [-0.39, 0.29) is 11.7 Å². The molecule has 4 nitrogen and oxygen atoms in total. The summed E-state index contributed by atoms with van der Waals surface area (Å²) in [4.78, 5) is 14.3. The molecule has 1 heterocycles. The third kappa shape index (κ3) is 1.90. The lowest BCUT2D eigenvalue weighted by atomic mass is 10.1. The van der Waals surface area contributed by atoms with Crippen molar-refractivity contribution in [2.45, 2.75) is 13.3 Å². The summed E-state index contributed by atoms with van der Waals surface area (Å²) in [5.74, 6) is -0.134. The molecule has 1 amide bonds. The highest BCUT2D eigenvalue weighted by Gasteiger charge is 2.27. The van der Waals surface area contributed by atoms with Crippen LogP contribution in [-0.4, -0.2) is 17.6 Å². The van der Waals surface area contributed by atoms with E-state index in [0.717, 1.165) is 17.7 Å². The number of carbonyl (C=O) groups is 1. The number of nitrogens with two attached hydrogens (primary N) is 1. The summed E-state index contributed by atoms with van der Waals surface area (Å²) in [7, 11) is 0. The molecule has 0 saturated heterocycles. The minimum Gasteiger partial charge on any atom is -0.507 e. The summed E-state index contributed by atoms with van der Waals surface area (Å²) >= 11 is 0. The highest BCUT2D eigenvalue weighted by Crippen LogP contribution is 2.33. The van der Waals surface area contributed by atoms with Crippen LogP contribution in [0.4, 0.5) is 11.4 Å². The maximum Gasteiger partial charge on any atom is 0.262 e. The molecule has 0 atom stereocenters. The number of aromatic hydroxyl groups is 1. The molecule has 0 radical (unpaired) electrons. The Kier molecular flexibility index (Phi) is 2.86. The van der Waals surface area contributed by atoms with E-state index in [0.29, 0.717) is 23.4 Å². The fourth-order valence-electron chi connectivity index (χ4n) is 2.58. The maximum absolute atomic E-state index is 12.6. The number of para-hydroxylation sites is 1. The molecule has 0 saturated carbocycles. The summed E-state index contributed by atoms with van der Waals surface area (Å²) < 4.78 is 0. The van der Waals surface area contributed by atoms with Gasteiger partial charge >= 0.3 is 0 Å². The molecule has 0 aromatic heterocycles. The number of carbonyl (C=O) groups excluding carboxylic acids is 1. The summed E-state index contributed by atoms with van der Waals surface area (Å²) in [6.45, 7) is 2.40. The first-order valence-electron chi connectivity index (χ1n) is 6.57. The van der Waals surface area contributed by atoms with E-state index >= 15 is 0 Å². The molecular formula is C16H16N2O2. The van der Waals surface area contributed by atoms with Gasteiger partial charge in [0.25, 0.3) is 5.91 Å². The fourth-order valence-corrected chi connectivity index (χ4v) is 2.58. The number of anilines is 2. The van der Waals surface area contributed by atoms with Crippen LogP contribution < -0.4 is 10.6 Å². The number of nitrogen functional groups attached to an aromatic ring is 1. The highest BCUT2D eigenvalue weighted by molar-refractivity contribution is 6.09. The van der Waals surface area contributed by atoms with Crippen LogP contribution in [0.1, 0.15) is 21.5 Å². The number of benzene rings is 2. The third-order valence-electron chi connectivity index (χ3n) is 3.72. The van der Waals surface area contributed by atoms with E-state index in [4.69, 9.17) is 5.73 Å². The quantitative estimate of drug-likeness (QED) is 0.781. The second-order valence-corrected chi connectivity index (χ2v) is 5.07. The van der Waals surface area contributed by atoms with E-state index in [2.05, 4.69) is 0 Å². The molecule has 2 aromatic rings. The Bertz CT molecular complexity index is 695. The zero-order valence-corrected chi connectivity index (χ0v) is 11.3. The maximum atomic E-state index is 12.6. The van der Waals surface area contributed by atoms with Crippen molar-refractivity contribution in [1.82, 2.24) is 0 Å². The number of phenols is 1. The fraction of sp³-hybridized carbons (Fsp3) is 0.188. The van der Waals surface area contributed by atoms with Gasteiger partial charge in [-0.25, -0.2) is 0 Å². The molecule has 3 N–H and O–H groups in total. The van der Waals surface area contributed by atoms with Crippen molar-refractivity contribution in [1.29, 1.82) is 0 Å². The van der Waals surface area contributed by atoms with Crippen molar-refractivity contribution in [2.75, 3.05) is 17.2 Å². The van der Waals surface area contributed by atoms with E-state index in [9.17, 15) is 9.90 Å². The summed E-state index contributed by atoms with van der Waals surface area (Å²) in [5.41, 5.74) is 9.42. The minimum atomic E-state index is -0.185. The van der Waals surface area contributed by atoms with Gasteiger partial charge in [-0.15, -0.1) is 0 Å². The molecule has 20 heavy (non-hydrogen) atoms. The average molecular weight is 268 g/mol. The molecule has 102 valence electrons. The van der Waals surface area contributed by atoms with Crippen LogP contribution in [0.15, 0.2) is 36.4 Å². The molecular weight excluding hydrogens is 252 g/mol. The van der Waals surface area contributed by atoms with Crippen molar-refractivity contribution in [3.05, 3.63) is 53.1 Å². The van der Waals surface area contributed by atoms with Gasteiger partial charge in [-0.3, -0.25) is 4.79 Å². The van der Waals surface area contributed by atoms with Gasteiger partial charge in [0.2, 0.25) is 0 Å². The van der Waals surface area contributed by atoms with Crippen LogP contribution >= 0.6 is 0 Å². The van der Waals surface area contributed by atoms with Crippen LogP contribution in [0.5, 0.6) is 5.75 Å². The normalized spacial score (nSPS) is 13.3. The monoisotopic (exact) mass is 268 g/mol. The van der Waals surface area contributed by atoms with Gasteiger partial charge in [0.05, 0.1) is 5.56 Å². The zero-order valence-electron chi connectivity index (χ0n) is 11.3. The number of fused-ring (bicyclic) bond motifs is 1. The van der Waals surface area contributed by atoms with Gasteiger partial charge in [0, 0.05) is 17.9 Å². The van der Waals surface area contributed by atoms with Crippen LogP contribution in [0.2, 0.25) is 0 Å². The van der Waals surface area contributed by atoms with Gasteiger partial charge in [0.15, 0.2) is 0 Å². The lowest BCUT2D eigenvalue weighted by Crippen LogP contribution is -2.29. The topological polar surface area (TPSA) is 66.6 Å². The first-order valence-corrected chi connectivity index (χ1v) is 6.57. The predicted octanol–water partition coefficient (Wildman–Crippen LogP) is 2.49. The number of amides is 1. The van der Waals surface area contributed by atoms with E-state index in [1.807, 2.05) is 18.2 Å². The number of hydrogen-bond acceptors (Lipinski definition) is 3. The Morgan fingerprint density at radius 1 is 1.30 bits per heavy atom. The van der Waals surface area contributed by atoms with Crippen molar-refractivity contribution in [3.8, 4) is 5.75 Å². The first-order chi connectivity index (χ1) is 9.58. The van der Waals surface area contributed by atoms with E-state index in [1.54, 1.807) is 30.0 Å². The Balaban J connectivity index is 2.02. The molecule has 2 aromatic carbocycles. The van der Waals surface area contributed by atoms with Crippen molar-refractivity contribution in [2.24, 2.45) is 0 Å². The molecule has 0 unspecified atom stereocenters. The largest absolute Gasteiger partial charge is 0.507 e. The molecule has 1 aliphatic heterocycles. The smallest absolute Gasteiger partial charge is 0.262 e. The van der Waals surface area contributed by atoms with Crippen LogP contribution in [0.3, 0.4) is 0 Å². The van der Waals surface area contributed by atoms with Gasteiger partial charge < -0.3 is 15.7 Å². The van der Waals surface area contributed by atoms with Crippen LogP contribution in [0.25, 0.3) is 0 Å². The molecule has 0 spiro atoms. The Morgan fingerprint density at radius 3 is 2.90 bits per heavy atom. The number of aryl methyl sites for hydroxylation is 1. The van der Waals surface area contributed by atoms with E-state index < -0.39 is 0 Å². The van der Waals surface area contributed by atoms with Gasteiger partial charge in [-0.1, -0.05) is 18.2 Å². The Morgan fingerprint density at radius 2 is 2.10 bits per heavy atom. The minimum absolute atomic E-state index is 0.0508. The van der Waals surface area contributed by atoms with Crippen LogP contribution in [-0.2, 0) is 6.42 Å². The Labute approximate surface area is 117 Å². The highest BCUT2D eigenvalue weighted by atomic mass is 16.3. The zero-order chi connectivity index (χ0) is 14.3. The molecule has 1 aliphatic rings. The first kappa shape index (κ1) is 12.5. The van der Waals surface area contributed by atoms with Gasteiger partial charge in [0.1, 0.15) is 5.75 Å². The number of phenolic OH excluding ortho intramolecular Hbond substituents is 1. The Hall–Kier alpha value is -2.49. The number of rotatable bonds is 1. The standard InChI is InChI=1S/C16H16N2O2/c1-10-3-2-4-13(15(10)19)16(20)18-8-7-11-5-6-12(17)9-14(11)18/h2-6,9,19H,7-8,17H2,1H3. The molecule has 4 heteroatoms. The molecule has 0 aliphatic carbocycles. The van der Waals surface area contributed by atoms with Crippen molar-refractivity contribution < 1.29 is 9.90 Å². The average Bonchev–Trinajstić information content (AvgIpc) is 2.84.